The van der Waals surface area contributed by atoms with Crippen molar-refractivity contribution in [2.45, 2.75) is 18.4 Å². The first-order valence-electron chi connectivity index (χ1n) is 11.2. The topological polar surface area (TPSA) is 101 Å². The van der Waals surface area contributed by atoms with Crippen LogP contribution in [-0.4, -0.2) is 42.4 Å². The van der Waals surface area contributed by atoms with Crippen LogP contribution in [0.5, 0.6) is 17.2 Å². The van der Waals surface area contributed by atoms with Gasteiger partial charge in [-0.25, -0.2) is 19.4 Å². The Hall–Kier alpha value is -3.72. The first-order valence-corrected chi connectivity index (χ1v) is 11.2. The van der Waals surface area contributed by atoms with Crippen molar-refractivity contribution in [2.24, 2.45) is 16.6 Å². The van der Waals surface area contributed by atoms with Gasteiger partial charge in [0.25, 0.3) is 6.02 Å². The molecule has 2 aromatic carbocycles. The van der Waals surface area contributed by atoms with Crippen LogP contribution >= 0.6 is 0 Å². The monoisotopic (exact) mass is 462 g/mol. The van der Waals surface area contributed by atoms with Gasteiger partial charge in [0.1, 0.15) is 24.4 Å². The molecule has 0 bridgehead atoms. The second kappa shape index (κ2) is 8.25. The van der Waals surface area contributed by atoms with Gasteiger partial charge >= 0.3 is 0 Å². The van der Waals surface area contributed by atoms with Crippen LogP contribution in [0.3, 0.4) is 0 Å². The first-order chi connectivity index (χ1) is 16.6. The Kier molecular flexibility index (Phi) is 5.06. The fourth-order valence-electron chi connectivity index (χ4n) is 4.72. The highest BCUT2D eigenvalue weighted by atomic mass is 19.1. The molecule has 0 radical (unpaired) electrons. The molecule has 3 aliphatic heterocycles. The number of hydrogen-bond acceptors (Lipinski definition) is 8. The van der Waals surface area contributed by atoms with Crippen molar-refractivity contribution < 1.29 is 23.3 Å². The molecule has 1 saturated heterocycles. The minimum absolute atomic E-state index is 0.0428. The van der Waals surface area contributed by atoms with Crippen LogP contribution in [0.2, 0.25) is 0 Å². The lowest BCUT2D eigenvalue weighted by Gasteiger charge is -2.34. The predicted molar refractivity (Wildman–Crippen MR) is 121 cm³/mol. The fraction of sp³-hybridized carbons (Fsp3) is 0.320. The summed E-state index contributed by atoms with van der Waals surface area (Å²) in [7, 11) is 0. The van der Waals surface area contributed by atoms with E-state index in [9.17, 15) is 0 Å². The number of nitrogens with two attached hydrogens (primary N) is 1. The molecule has 9 heteroatoms. The summed E-state index contributed by atoms with van der Waals surface area (Å²) < 4.78 is 38.4. The van der Waals surface area contributed by atoms with E-state index in [0.29, 0.717) is 29.6 Å². The number of aromatic nitrogens is 2. The molecule has 0 unspecified atom stereocenters. The van der Waals surface area contributed by atoms with Crippen molar-refractivity contribution in [3.8, 4) is 28.4 Å². The molecular formula is C25H23FN4O4. The summed E-state index contributed by atoms with van der Waals surface area (Å²) in [6.07, 6.45) is 6.78. The van der Waals surface area contributed by atoms with E-state index in [2.05, 4.69) is 15.0 Å². The molecule has 0 saturated carbocycles. The third-order valence-electron chi connectivity index (χ3n) is 6.55. The fourth-order valence-corrected chi connectivity index (χ4v) is 4.72. The van der Waals surface area contributed by atoms with Crippen molar-refractivity contribution >= 4 is 6.02 Å². The summed E-state index contributed by atoms with van der Waals surface area (Å²) in [5.74, 6) is 0.861. The van der Waals surface area contributed by atoms with Crippen LogP contribution in [0, 0.1) is 11.7 Å². The zero-order chi connectivity index (χ0) is 23.1. The largest absolute Gasteiger partial charge is 0.493 e. The van der Waals surface area contributed by atoms with Gasteiger partial charge in [0.15, 0.2) is 17.1 Å². The van der Waals surface area contributed by atoms with Gasteiger partial charge in [0, 0.05) is 48.4 Å². The van der Waals surface area contributed by atoms with Gasteiger partial charge in [-0.2, -0.15) is 0 Å². The van der Waals surface area contributed by atoms with E-state index in [1.54, 1.807) is 24.5 Å². The number of fused-ring (bicyclic) bond motifs is 4. The minimum atomic E-state index is -1.06. The van der Waals surface area contributed by atoms with Gasteiger partial charge in [0.05, 0.1) is 6.61 Å². The van der Waals surface area contributed by atoms with Gasteiger partial charge in [-0.3, -0.25) is 0 Å². The Morgan fingerprint density at radius 2 is 1.88 bits per heavy atom. The molecular weight excluding hydrogens is 439 g/mol. The molecule has 1 aromatic heterocycles. The zero-order valence-corrected chi connectivity index (χ0v) is 18.4. The highest BCUT2D eigenvalue weighted by Crippen LogP contribution is 2.53. The van der Waals surface area contributed by atoms with Gasteiger partial charge in [-0.05, 0) is 42.5 Å². The minimum Gasteiger partial charge on any atom is -0.493 e. The molecule has 174 valence electrons. The van der Waals surface area contributed by atoms with Crippen molar-refractivity contribution in [1.29, 1.82) is 0 Å². The second-order valence-electron chi connectivity index (χ2n) is 8.69. The van der Waals surface area contributed by atoms with E-state index in [-0.39, 0.29) is 18.4 Å². The van der Waals surface area contributed by atoms with Gasteiger partial charge in [-0.15, -0.1) is 0 Å². The van der Waals surface area contributed by atoms with Crippen LogP contribution in [0.15, 0.2) is 54.0 Å². The van der Waals surface area contributed by atoms with Crippen LogP contribution in [0.4, 0.5) is 4.39 Å². The maximum atomic E-state index is 15.3. The summed E-state index contributed by atoms with van der Waals surface area (Å²) >= 11 is 0. The number of halogens is 1. The molecule has 0 amide bonds. The predicted octanol–water partition coefficient (Wildman–Crippen LogP) is 3.78. The summed E-state index contributed by atoms with van der Waals surface area (Å²) in [5, 5.41) is 0. The third kappa shape index (κ3) is 3.52. The molecule has 8 nitrogen and oxygen atoms in total. The van der Waals surface area contributed by atoms with Gasteiger partial charge < -0.3 is 24.7 Å². The maximum Gasteiger partial charge on any atom is 0.283 e. The van der Waals surface area contributed by atoms with Gasteiger partial charge in [-0.1, -0.05) is 6.07 Å². The molecule has 0 aliphatic carbocycles. The third-order valence-corrected chi connectivity index (χ3v) is 6.55. The normalized spacial score (nSPS) is 21.3. The lowest BCUT2D eigenvalue weighted by molar-refractivity contribution is 0.0496. The standard InChI is InChI=1S/C25H23FN4O4/c26-21-9-18(32-12-15-3-5-31-6-4-15)8-20-23(21)34-22-2-1-16(17-10-28-14-29-11-17)7-19(22)25(20)13-33-24(27)30-25/h1-2,7-11,14-15H,3-6,12-13H2,(H2,27,30)/t25-/m0/s1. The Morgan fingerprint density at radius 1 is 1.06 bits per heavy atom. The number of benzene rings is 2. The quantitative estimate of drug-likeness (QED) is 0.630. The highest BCUT2D eigenvalue weighted by molar-refractivity contribution is 5.78. The number of amidine groups is 1. The molecule has 1 atom stereocenters. The summed E-state index contributed by atoms with van der Waals surface area (Å²) in [4.78, 5) is 12.9. The van der Waals surface area contributed by atoms with Crippen LogP contribution < -0.4 is 15.2 Å². The Balaban J connectivity index is 1.42. The van der Waals surface area contributed by atoms with E-state index < -0.39 is 11.4 Å². The first kappa shape index (κ1) is 20.9. The number of rotatable bonds is 4. The SMILES string of the molecule is NC1=N[C@@]2(CO1)c1cc(-c3cncnc3)ccc1Oc1c(F)cc(OCC3CCOCC3)cc12. The lowest BCUT2D eigenvalue weighted by atomic mass is 9.80. The maximum absolute atomic E-state index is 15.3. The second-order valence-corrected chi connectivity index (χ2v) is 8.69. The van der Waals surface area contributed by atoms with Crippen LogP contribution in [0.25, 0.3) is 11.1 Å². The Morgan fingerprint density at radius 3 is 2.65 bits per heavy atom. The van der Waals surface area contributed by atoms with Gasteiger partial charge in [0.2, 0.25) is 0 Å². The lowest BCUT2D eigenvalue weighted by Crippen LogP contribution is -2.31. The number of hydrogen-bond donors (Lipinski definition) is 1. The molecule has 34 heavy (non-hydrogen) atoms. The van der Waals surface area contributed by atoms with E-state index in [0.717, 1.165) is 42.7 Å². The molecule has 4 heterocycles. The molecule has 1 fully saturated rings. The highest BCUT2D eigenvalue weighted by Gasteiger charge is 2.48. The number of ether oxygens (including phenoxy) is 4. The summed E-state index contributed by atoms with van der Waals surface area (Å²) in [6.45, 7) is 2.06. The summed E-state index contributed by atoms with van der Waals surface area (Å²) in [6, 6.07) is 8.79. The average Bonchev–Trinajstić information content (AvgIpc) is 3.27. The van der Waals surface area contributed by atoms with Crippen molar-refractivity contribution in [3.63, 3.8) is 0 Å². The Labute approximate surface area is 195 Å². The van der Waals surface area contributed by atoms with Crippen molar-refractivity contribution in [3.05, 3.63) is 66.0 Å². The molecule has 3 aromatic rings. The van der Waals surface area contributed by atoms with E-state index in [1.165, 1.54) is 12.4 Å². The van der Waals surface area contributed by atoms with E-state index >= 15 is 4.39 Å². The summed E-state index contributed by atoms with van der Waals surface area (Å²) in [5.41, 5.74) is 7.86. The molecule has 3 aliphatic rings. The number of aliphatic imine (C=N–C) groups is 1. The smallest absolute Gasteiger partial charge is 0.283 e. The van der Waals surface area contributed by atoms with Crippen molar-refractivity contribution in [1.82, 2.24) is 9.97 Å². The molecule has 6 rings (SSSR count). The molecule has 2 N–H and O–H groups in total. The van der Waals surface area contributed by atoms with E-state index in [4.69, 9.17) is 24.7 Å². The van der Waals surface area contributed by atoms with Crippen molar-refractivity contribution in [2.75, 3.05) is 26.4 Å². The van der Waals surface area contributed by atoms with Crippen LogP contribution in [0.1, 0.15) is 24.0 Å². The molecule has 1 spiro atoms. The Bertz CT molecular complexity index is 1260. The average molecular weight is 462 g/mol. The number of nitrogens with zero attached hydrogens (tertiary/aromatic N) is 3. The van der Waals surface area contributed by atoms with E-state index in [1.807, 2.05) is 12.1 Å². The zero-order valence-electron chi connectivity index (χ0n) is 18.4. The van der Waals surface area contributed by atoms with Crippen LogP contribution in [-0.2, 0) is 15.0 Å².